The molecule has 0 amide bonds. The Morgan fingerprint density at radius 3 is 2.27 bits per heavy atom. The molecule has 0 aliphatic carbocycles. The number of nitrogens with one attached hydrogen (secondary N) is 1. The number of sulfonamides is 1. The minimum Gasteiger partial charge on any atom is -0.349 e. The molecule has 0 atom stereocenters. The largest absolute Gasteiger partial charge is 0.349 e. The molecule has 2 heterocycles. The SMILES string of the molecule is CCc1nccc(-c2sc(N(CC)CC)nc2-c2cccc(NS(=O)(=O)c3c(F)cccc3F)c2F)n1. The first-order valence-corrected chi connectivity index (χ1v) is 13.8. The van der Waals surface area contributed by atoms with E-state index in [2.05, 4.69) is 15.0 Å². The van der Waals surface area contributed by atoms with Gasteiger partial charge < -0.3 is 4.90 Å². The van der Waals surface area contributed by atoms with Crippen LogP contribution in [0.3, 0.4) is 0 Å². The summed E-state index contributed by atoms with van der Waals surface area (Å²) in [6.07, 6.45) is 2.22. The van der Waals surface area contributed by atoms with Crippen molar-refractivity contribution in [1.29, 1.82) is 0 Å². The molecule has 0 saturated carbocycles. The van der Waals surface area contributed by atoms with Crippen molar-refractivity contribution < 1.29 is 21.6 Å². The molecule has 7 nitrogen and oxygen atoms in total. The first-order chi connectivity index (χ1) is 17.7. The molecule has 0 aliphatic rings. The summed E-state index contributed by atoms with van der Waals surface area (Å²) in [7, 11) is -4.77. The van der Waals surface area contributed by atoms with Crippen molar-refractivity contribution in [2.24, 2.45) is 0 Å². The van der Waals surface area contributed by atoms with Crippen LogP contribution in [0.1, 0.15) is 26.6 Å². The van der Waals surface area contributed by atoms with Crippen LogP contribution in [-0.2, 0) is 16.4 Å². The molecule has 2 aromatic carbocycles. The van der Waals surface area contributed by atoms with E-state index in [-0.39, 0.29) is 11.3 Å². The van der Waals surface area contributed by atoms with Gasteiger partial charge in [0.2, 0.25) is 0 Å². The van der Waals surface area contributed by atoms with Gasteiger partial charge >= 0.3 is 0 Å². The molecule has 1 N–H and O–H groups in total. The number of aryl methyl sites for hydroxylation is 1. The summed E-state index contributed by atoms with van der Waals surface area (Å²) in [5, 5.41) is 0.644. The van der Waals surface area contributed by atoms with Crippen molar-refractivity contribution >= 4 is 32.2 Å². The number of nitrogens with zero attached hydrogens (tertiary/aromatic N) is 4. The Hall–Kier alpha value is -3.51. The van der Waals surface area contributed by atoms with E-state index in [9.17, 15) is 17.2 Å². The van der Waals surface area contributed by atoms with Crippen molar-refractivity contribution in [3.8, 4) is 21.8 Å². The summed E-state index contributed by atoms with van der Waals surface area (Å²) in [5.74, 6) is -2.91. The number of hydrogen-bond donors (Lipinski definition) is 1. The number of anilines is 2. The van der Waals surface area contributed by atoms with Crippen LogP contribution in [0.4, 0.5) is 24.0 Å². The van der Waals surface area contributed by atoms with Crippen molar-refractivity contribution in [3.63, 3.8) is 0 Å². The Morgan fingerprint density at radius 2 is 1.62 bits per heavy atom. The molecule has 0 spiro atoms. The number of thiazole rings is 1. The average Bonchev–Trinajstić information content (AvgIpc) is 3.30. The van der Waals surface area contributed by atoms with Crippen LogP contribution >= 0.6 is 11.3 Å². The lowest BCUT2D eigenvalue weighted by atomic mass is 10.1. The highest BCUT2D eigenvalue weighted by molar-refractivity contribution is 7.92. The molecule has 0 unspecified atom stereocenters. The first-order valence-electron chi connectivity index (χ1n) is 11.5. The maximum atomic E-state index is 15.8. The fraction of sp³-hybridized carbons (Fsp3) is 0.240. The Kier molecular flexibility index (Phi) is 7.79. The van der Waals surface area contributed by atoms with Crippen LogP contribution in [0.15, 0.2) is 53.6 Å². The first kappa shape index (κ1) is 26.6. The van der Waals surface area contributed by atoms with Gasteiger partial charge in [0.25, 0.3) is 10.0 Å². The zero-order valence-electron chi connectivity index (χ0n) is 20.3. The van der Waals surface area contributed by atoms with Gasteiger partial charge in [0.1, 0.15) is 17.5 Å². The molecule has 37 heavy (non-hydrogen) atoms. The van der Waals surface area contributed by atoms with Gasteiger partial charge in [-0.15, -0.1) is 0 Å². The lowest BCUT2D eigenvalue weighted by Crippen LogP contribution is -2.21. The molecule has 2 aromatic heterocycles. The minimum absolute atomic E-state index is 0.00974. The number of rotatable bonds is 9. The quantitative estimate of drug-likeness (QED) is 0.281. The van der Waals surface area contributed by atoms with Crippen LogP contribution < -0.4 is 9.62 Å². The second-order valence-electron chi connectivity index (χ2n) is 7.88. The van der Waals surface area contributed by atoms with E-state index in [0.717, 1.165) is 18.2 Å². The highest BCUT2D eigenvalue weighted by atomic mass is 32.2. The van der Waals surface area contributed by atoms with Crippen molar-refractivity contribution in [1.82, 2.24) is 15.0 Å². The summed E-state index contributed by atoms with van der Waals surface area (Å²) in [6, 6.07) is 8.44. The molecular weight excluding hydrogens is 523 g/mol. The fourth-order valence-electron chi connectivity index (χ4n) is 3.72. The smallest absolute Gasteiger partial charge is 0.267 e. The number of hydrogen-bond acceptors (Lipinski definition) is 7. The molecule has 4 rings (SSSR count). The van der Waals surface area contributed by atoms with Crippen LogP contribution in [-0.4, -0.2) is 36.5 Å². The highest BCUT2D eigenvalue weighted by Crippen LogP contribution is 2.41. The summed E-state index contributed by atoms with van der Waals surface area (Å²) in [6.45, 7) is 7.21. The average molecular weight is 548 g/mol. The van der Waals surface area contributed by atoms with E-state index in [0.29, 0.717) is 41.0 Å². The van der Waals surface area contributed by atoms with Crippen LogP contribution in [0.2, 0.25) is 0 Å². The van der Waals surface area contributed by atoms with E-state index in [1.54, 1.807) is 12.3 Å². The van der Waals surface area contributed by atoms with E-state index in [1.807, 2.05) is 30.4 Å². The van der Waals surface area contributed by atoms with Crippen LogP contribution in [0.25, 0.3) is 21.8 Å². The molecule has 0 radical (unpaired) electrons. The van der Waals surface area contributed by atoms with Gasteiger partial charge in [0.05, 0.1) is 22.0 Å². The van der Waals surface area contributed by atoms with E-state index in [1.165, 1.54) is 29.5 Å². The van der Waals surface area contributed by atoms with Crippen molar-refractivity contribution in [3.05, 3.63) is 71.9 Å². The summed E-state index contributed by atoms with van der Waals surface area (Å²) >= 11 is 1.33. The standard InChI is InChI=1S/C25H24F3N5O2S2/c1-4-20-29-14-13-19(30-20)23-22(31-25(36-23)33(5-2)6-3)15-9-7-12-18(21(15)28)32-37(34,35)24-16(26)10-8-11-17(24)27/h7-14,32H,4-6H2,1-3H3. The monoisotopic (exact) mass is 547 g/mol. The predicted molar refractivity (Wildman–Crippen MR) is 139 cm³/mol. The molecular formula is C25H24F3N5O2S2. The van der Waals surface area contributed by atoms with Crippen molar-refractivity contribution in [2.45, 2.75) is 32.1 Å². The van der Waals surface area contributed by atoms with Gasteiger partial charge in [-0.3, -0.25) is 4.72 Å². The third-order valence-corrected chi connectivity index (χ3v) is 8.14. The molecule has 0 saturated heterocycles. The maximum Gasteiger partial charge on any atom is 0.267 e. The third-order valence-electron chi connectivity index (χ3n) is 5.59. The minimum atomic E-state index is -4.77. The third kappa shape index (κ3) is 5.30. The van der Waals surface area contributed by atoms with Crippen LogP contribution in [0.5, 0.6) is 0 Å². The summed E-state index contributed by atoms with van der Waals surface area (Å²) < 4.78 is 71.7. The topological polar surface area (TPSA) is 88.1 Å². The van der Waals surface area contributed by atoms with Gasteiger partial charge in [0, 0.05) is 31.3 Å². The predicted octanol–water partition coefficient (Wildman–Crippen LogP) is 5.89. The second-order valence-corrected chi connectivity index (χ2v) is 10.5. The zero-order chi connectivity index (χ0) is 26.7. The second kappa shape index (κ2) is 10.9. The van der Waals surface area contributed by atoms with Crippen LogP contribution in [0, 0.1) is 17.5 Å². The molecule has 4 aromatic rings. The van der Waals surface area contributed by atoms with Gasteiger partial charge in [-0.1, -0.05) is 30.4 Å². The Balaban J connectivity index is 1.85. The van der Waals surface area contributed by atoms with Crippen molar-refractivity contribution in [2.75, 3.05) is 22.7 Å². The molecule has 0 fully saturated rings. The van der Waals surface area contributed by atoms with E-state index in [4.69, 9.17) is 0 Å². The highest BCUT2D eigenvalue weighted by Gasteiger charge is 2.27. The fourth-order valence-corrected chi connectivity index (χ4v) is 6.10. The Bertz CT molecular complexity index is 1520. The van der Waals surface area contributed by atoms with E-state index < -0.39 is 38.1 Å². The van der Waals surface area contributed by atoms with Gasteiger partial charge in [-0.25, -0.2) is 36.5 Å². The van der Waals surface area contributed by atoms with Gasteiger partial charge in [-0.05, 0) is 44.2 Å². The molecule has 0 bridgehead atoms. The number of benzene rings is 2. The Labute approximate surface area is 217 Å². The summed E-state index contributed by atoms with van der Waals surface area (Å²) in [4.78, 5) is 14.9. The van der Waals surface area contributed by atoms with Gasteiger partial charge in [-0.2, -0.15) is 0 Å². The summed E-state index contributed by atoms with van der Waals surface area (Å²) in [5.41, 5.74) is 0.357. The lowest BCUT2D eigenvalue weighted by Gasteiger charge is -2.16. The molecule has 12 heteroatoms. The Morgan fingerprint density at radius 1 is 0.946 bits per heavy atom. The lowest BCUT2D eigenvalue weighted by molar-refractivity contribution is 0.521. The normalized spacial score (nSPS) is 11.5. The molecule has 194 valence electrons. The zero-order valence-corrected chi connectivity index (χ0v) is 21.9. The number of aromatic nitrogens is 3. The van der Waals surface area contributed by atoms with Gasteiger partial charge in [0.15, 0.2) is 15.8 Å². The maximum absolute atomic E-state index is 15.8. The number of halogens is 3. The van der Waals surface area contributed by atoms with E-state index >= 15 is 4.39 Å². The molecule has 0 aliphatic heterocycles.